The maximum atomic E-state index is 12.1. The monoisotopic (exact) mass is 318 g/mol. The van der Waals surface area contributed by atoms with Crippen molar-refractivity contribution in [1.82, 2.24) is 0 Å². The van der Waals surface area contributed by atoms with Crippen molar-refractivity contribution in [2.75, 3.05) is 0 Å². The van der Waals surface area contributed by atoms with Crippen LogP contribution in [0.4, 0.5) is 0 Å². The number of esters is 1. The van der Waals surface area contributed by atoms with Crippen molar-refractivity contribution in [3.05, 3.63) is 33.8 Å². The zero-order valence-corrected chi connectivity index (χ0v) is 13.8. The van der Waals surface area contributed by atoms with E-state index in [-0.39, 0.29) is 0 Å². The second-order valence-corrected chi connectivity index (χ2v) is 6.85. The van der Waals surface area contributed by atoms with Crippen LogP contribution in [0.2, 0.25) is 10.0 Å². The molecule has 0 heterocycles. The molecule has 0 aliphatic carbocycles. The predicted octanol–water partition coefficient (Wildman–Crippen LogP) is 4.18. The lowest BCUT2D eigenvalue weighted by atomic mass is 9.84. The lowest BCUT2D eigenvalue weighted by Crippen LogP contribution is -2.39. The number of halogens is 2. The van der Waals surface area contributed by atoms with Crippen LogP contribution in [0, 0.1) is 5.92 Å². The lowest BCUT2D eigenvalue weighted by Gasteiger charge is -2.32. The van der Waals surface area contributed by atoms with Gasteiger partial charge < -0.3 is 9.84 Å². The molecule has 0 radical (unpaired) electrons. The molecule has 0 fully saturated rings. The van der Waals surface area contributed by atoms with Crippen LogP contribution in [0.15, 0.2) is 18.2 Å². The summed E-state index contributed by atoms with van der Waals surface area (Å²) in [5.74, 6) is -1.20. The van der Waals surface area contributed by atoms with E-state index in [1.165, 1.54) is 0 Å². The molecule has 112 valence electrons. The maximum Gasteiger partial charge on any atom is 0.312 e. The summed E-state index contributed by atoms with van der Waals surface area (Å²) in [5, 5.41) is 11.4. The number of hydrogen-bond donors (Lipinski definition) is 1. The summed E-state index contributed by atoms with van der Waals surface area (Å²) in [7, 11) is 0. The smallest absolute Gasteiger partial charge is 0.312 e. The van der Waals surface area contributed by atoms with Crippen molar-refractivity contribution in [2.45, 2.75) is 45.8 Å². The Balaban J connectivity index is 3.02. The van der Waals surface area contributed by atoms with Gasteiger partial charge in [0.25, 0.3) is 0 Å². The van der Waals surface area contributed by atoms with E-state index in [2.05, 4.69) is 0 Å². The van der Waals surface area contributed by atoms with E-state index >= 15 is 0 Å². The van der Waals surface area contributed by atoms with Gasteiger partial charge in [-0.25, -0.2) is 0 Å². The molecule has 1 rings (SSSR count). The molecule has 0 aromatic heterocycles. The molecule has 2 atom stereocenters. The molecule has 0 aliphatic heterocycles. The molecule has 20 heavy (non-hydrogen) atoms. The summed E-state index contributed by atoms with van der Waals surface area (Å²) < 4.78 is 5.30. The van der Waals surface area contributed by atoms with Crippen LogP contribution < -0.4 is 0 Å². The van der Waals surface area contributed by atoms with Gasteiger partial charge in [-0.1, -0.05) is 29.3 Å². The third-order valence-electron chi connectivity index (χ3n) is 3.11. The van der Waals surface area contributed by atoms with Crippen molar-refractivity contribution in [3.63, 3.8) is 0 Å². The van der Waals surface area contributed by atoms with Gasteiger partial charge >= 0.3 is 5.97 Å². The van der Waals surface area contributed by atoms with Gasteiger partial charge in [0, 0.05) is 0 Å². The van der Waals surface area contributed by atoms with Crippen LogP contribution in [0.5, 0.6) is 0 Å². The summed E-state index contributed by atoms with van der Waals surface area (Å²) in [6, 6.07) is 4.80. The first kappa shape index (κ1) is 17.3. The molecule has 0 saturated heterocycles. The lowest BCUT2D eigenvalue weighted by molar-refractivity contribution is -0.168. The summed E-state index contributed by atoms with van der Waals surface area (Å²) in [5.41, 5.74) is -1.47. The van der Waals surface area contributed by atoms with Gasteiger partial charge in [0.05, 0.1) is 21.6 Å². The van der Waals surface area contributed by atoms with Crippen molar-refractivity contribution >= 4 is 29.2 Å². The molecule has 1 N–H and O–H groups in total. The van der Waals surface area contributed by atoms with Gasteiger partial charge in [-0.3, -0.25) is 4.79 Å². The number of hydrogen-bond acceptors (Lipinski definition) is 3. The molecular weight excluding hydrogens is 299 g/mol. The molecule has 3 nitrogen and oxygen atoms in total. The minimum absolute atomic E-state index is 0.334. The van der Waals surface area contributed by atoms with Gasteiger partial charge in [0.1, 0.15) is 5.60 Å². The molecule has 0 aliphatic rings. The Morgan fingerprint density at radius 2 is 1.75 bits per heavy atom. The van der Waals surface area contributed by atoms with E-state index in [0.717, 1.165) is 0 Å². The van der Waals surface area contributed by atoms with Gasteiger partial charge in [0.2, 0.25) is 0 Å². The fourth-order valence-electron chi connectivity index (χ4n) is 1.68. The average molecular weight is 319 g/mol. The molecule has 0 bridgehead atoms. The minimum Gasteiger partial charge on any atom is -0.460 e. The summed E-state index contributed by atoms with van der Waals surface area (Å²) in [6.07, 6.45) is 0. The highest BCUT2D eigenvalue weighted by Crippen LogP contribution is 2.34. The number of benzene rings is 1. The Morgan fingerprint density at radius 1 is 1.20 bits per heavy atom. The highest BCUT2D eigenvalue weighted by atomic mass is 35.5. The van der Waals surface area contributed by atoms with Crippen LogP contribution in [0.25, 0.3) is 0 Å². The quantitative estimate of drug-likeness (QED) is 0.850. The Morgan fingerprint density at radius 3 is 2.20 bits per heavy atom. The average Bonchev–Trinajstić information content (AvgIpc) is 2.29. The zero-order valence-electron chi connectivity index (χ0n) is 12.3. The van der Waals surface area contributed by atoms with Crippen LogP contribution in [0.3, 0.4) is 0 Å². The van der Waals surface area contributed by atoms with Gasteiger partial charge in [-0.2, -0.15) is 0 Å². The van der Waals surface area contributed by atoms with Gasteiger partial charge in [-0.15, -0.1) is 0 Å². The standard InChI is InChI=1S/C15H20Cl2O3/c1-9(13(18)20-14(2,3)4)15(5,19)10-6-7-11(16)12(17)8-10/h6-9,19H,1-5H3. The highest BCUT2D eigenvalue weighted by Gasteiger charge is 2.38. The molecular formula is C15H20Cl2O3. The first-order valence-electron chi connectivity index (χ1n) is 6.36. The van der Waals surface area contributed by atoms with Crippen LogP contribution in [0.1, 0.15) is 40.2 Å². The van der Waals surface area contributed by atoms with Crippen molar-refractivity contribution in [2.24, 2.45) is 5.92 Å². The van der Waals surface area contributed by atoms with E-state index in [0.29, 0.717) is 15.6 Å². The number of ether oxygens (including phenoxy) is 1. The number of carbonyl (C=O) groups excluding carboxylic acids is 1. The first-order valence-corrected chi connectivity index (χ1v) is 7.11. The first-order chi connectivity index (χ1) is 8.95. The number of rotatable bonds is 3. The van der Waals surface area contributed by atoms with Crippen LogP contribution in [-0.2, 0) is 15.1 Å². The van der Waals surface area contributed by atoms with E-state index in [9.17, 15) is 9.90 Å². The summed E-state index contributed by atoms with van der Waals surface area (Å²) >= 11 is 11.8. The second kappa shape index (κ2) is 5.92. The van der Waals surface area contributed by atoms with E-state index < -0.39 is 23.1 Å². The highest BCUT2D eigenvalue weighted by molar-refractivity contribution is 6.42. The predicted molar refractivity (Wildman–Crippen MR) is 81.0 cm³/mol. The molecule has 0 amide bonds. The van der Waals surface area contributed by atoms with Crippen LogP contribution >= 0.6 is 23.2 Å². The van der Waals surface area contributed by atoms with Gasteiger partial charge in [-0.05, 0) is 52.3 Å². The zero-order chi connectivity index (χ0) is 15.7. The topological polar surface area (TPSA) is 46.5 Å². The van der Waals surface area contributed by atoms with Crippen molar-refractivity contribution in [3.8, 4) is 0 Å². The molecule has 1 aromatic rings. The van der Waals surface area contributed by atoms with E-state index in [4.69, 9.17) is 27.9 Å². The molecule has 1 aromatic carbocycles. The Bertz CT molecular complexity index is 504. The number of carbonyl (C=O) groups is 1. The SMILES string of the molecule is CC(C(=O)OC(C)(C)C)C(C)(O)c1ccc(Cl)c(Cl)c1. The third kappa shape index (κ3) is 4.11. The second-order valence-electron chi connectivity index (χ2n) is 6.03. The molecule has 0 saturated carbocycles. The van der Waals surface area contributed by atoms with Crippen molar-refractivity contribution < 1.29 is 14.6 Å². The summed E-state index contributed by atoms with van der Waals surface area (Å²) in [6.45, 7) is 8.53. The third-order valence-corrected chi connectivity index (χ3v) is 3.85. The fourth-order valence-corrected chi connectivity index (χ4v) is 1.98. The Kier molecular flexibility index (Phi) is 5.12. The normalized spacial score (nSPS) is 16.4. The van der Waals surface area contributed by atoms with E-state index in [1.807, 2.05) is 0 Å². The van der Waals surface area contributed by atoms with E-state index in [1.54, 1.807) is 52.8 Å². The minimum atomic E-state index is -1.39. The fraction of sp³-hybridized carbons (Fsp3) is 0.533. The van der Waals surface area contributed by atoms with Crippen molar-refractivity contribution in [1.29, 1.82) is 0 Å². The van der Waals surface area contributed by atoms with Crippen LogP contribution in [-0.4, -0.2) is 16.7 Å². The Hall–Kier alpha value is -0.770. The molecule has 0 spiro atoms. The maximum absolute atomic E-state index is 12.1. The molecule has 2 unspecified atom stereocenters. The summed E-state index contributed by atoms with van der Waals surface area (Å²) in [4.78, 5) is 12.1. The molecule has 5 heteroatoms. The Labute approximate surface area is 129 Å². The largest absolute Gasteiger partial charge is 0.460 e. The number of aliphatic hydroxyl groups is 1. The van der Waals surface area contributed by atoms with Gasteiger partial charge in [0.15, 0.2) is 0 Å².